The Labute approximate surface area is 125 Å². The summed E-state index contributed by atoms with van der Waals surface area (Å²) in [5.74, 6) is 0.580. The van der Waals surface area contributed by atoms with Gasteiger partial charge in [-0.3, -0.25) is 4.79 Å². The van der Waals surface area contributed by atoms with Gasteiger partial charge in [0.1, 0.15) is 0 Å². The zero-order chi connectivity index (χ0) is 15.1. The minimum atomic E-state index is -0.317. The lowest BCUT2D eigenvalue weighted by molar-refractivity contribution is -0.137. The van der Waals surface area contributed by atoms with Gasteiger partial charge in [0, 0.05) is 6.61 Å². The second-order valence-electron chi connectivity index (χ2n) is 5.58. The van der Waals surface area contributed by atoms with Crippen LogP contribution >= 0.6 is 0 Å². The maximum atomic E-state index is 10.8. The van der Waals surface area contributed by atoms with Crippen LogP contribution in [0.5, 0.6) is 0 Å². The Morgan fingerprint density at radius 3 is 2.25 bits per heavy atom. The highest BCUT2D eigenvalue weighted by Crippen LogP contribution is 2.14. The summed E-state index contributed by atoms with van der Waals surface area (Å²) in [6.07, 6.45) is 13.2. The summed E-state index contributed by atoms with van der Waals surface area (Å²) >= 11 is 0. The molecule has 0 N–H and O–H groups in total. The van der Waals surface area contributed by atoms with Gasteiger partial charge in [-0.1, -0.05) is 65.2 Å². The molecule has 0 bridgehead atoms. The van der Waals surface area contributed by atoms with Crippen molar-refractivity contribution in [3.63, 3.8) is 0 Å². The third-order valence-electron chi connectivity index (χ3n) is 3.75. The van der Waals surface area contributed by atoms with Gasteiger partial charge >= 0.3 is 5.97 Å². The lowest BCUT2D eigenvalue weighted by atomic mass is 10.00. The molecule has 1 unspecified atom stereocenters. The Kier molecular flexibility index (Phi) is 14.4. The topological polar surface area (TPSA) is 35.5 Å². The van der Waals surface area contributed by atoms with E-state index < -0.39 is 0 Å². The normalized spacial score (nSPS) is 12.3. The van der Waals surface area contributed by atoms with E-state index in [4.69, 9.17) is 4.74 Å². The third-order valence-corrected chi connectivity index (χ3v) is 3.75. The minimum Gasteiger partial charge on any atom is -0.469 e. The van der Waals surface area contributed by atoms with Crippen molar-refractivity contribution in [2.24, 2.45) is 5.92 Å². The molecule has 1 atom stereocenters. The highest BCUT2D eigenvalue weighted by Gasteiger charge is 2.00. The van der Waals surface area contributed by atoms with E-state index in [1.54, 1.807) is 0 Å². The van der Waals surface area contributed by atoms with Crippen LogP contribution in [-0.4, -0.2) is 26.3 Å². The summed E-state index contributed by atoms with van der Waals surface area (Å²) in [6.45, 7) is 5.72. The Morgan fingerprint density at radius 2 is 1.65 bits per heavy atom. The second-order valence-corrected chi connectivity index (χ2v) is 5.58. The zero-order valence-electron chi connectivity index (χ0n) is 13.7. The monoisotopic (exact) mass is 285 g/mol. The summed E-state index contributed by atoms with van der Waals surface area (Å²) in [6, 6.07) is 0. The Morgan fingerprint density at radius 1 is 1.05 bits per heavy atom. The molecule has 0 aliphatic rings. The average Bonchev–Trinajstić information content (AvgIpc) is 2.47. The van der Waals surface area contributed by atoms with Crippen molar-refractivity contribution in [2.75, 3.05) is 20.3 Å². The maximum absolute atomic E-state index is 10.8. The molecular weight excluding hydrogens is 252 g/mol. The summed E-state index contributed by atoms with van der Waals surface area (Å²) in [7, 11) is 1.38. The molecule has 119 valence electrons. The molecule has 0 aromatic carbocycles. The van der Waals surface area contributed by atoms with Crippen LogP contribution in [0.15, 0.2) is 0 Å². The van der Waals surface area contributed by atoms with Gasteiger partial charge in [-0.15, -0.1) is 0 Å². The van der Waals surface area contributed by atoms with Crippen LogP contribution in [0, 0.1) is 12.3 Å². The molecule has 0 heterocycles. The smallest absolute Gasteiger partial charge is 0.311 e. The van der Waals surface area contributed by atoms with E-state index in [9.17, 15) is 4.79 Å². The number of ether oxygens (including phenoxy) is 2. The summed E-state index contributed by atoms with van der Waals surface area (Å²) in [4.78, 5) is 10.8. The number of carbonyl (C=O) groups is 1. The SMILES string of the molecule is CCC(C)CCCCCCCCCOC[CH]C(=O)OC. The van der Waals surface area contributed by atoms with Crippen LogP contribution in [0.3, 0.4) is 0 Å². The number of unbranched alkanes of at least 4 members (excludes halogenated alkanes) is 6. The molecule has 3 nitrogen and oxygen atoms in total. The Balaban J connectivity index is 3.04. The van der Waals surface area contributed by atoms with Crippen molar-refractivity contribution < 1.29 is 14.3 Å². The molecule has 0 fully saturated rings. The van der Waals surface area contributed by atoms with Gasteiger partial charge in [0.05, 0.1) is 20.1 Å². The van der Waals surface area contributed by atoms with Gasteiger partial charge in [-0.05, 0) is 12.3 Å². The lowest BCUT2D eigenvalue weighted by Crippen LogP contribution is -2.07. The van der Waals surface area contributed by atoms with E-state index in [1.165, 1.54) is 64.9 Å². The predicted octanol–water partition coefficient (Wildman–Crippen LogP) is 4.55. The van der Waals surface area contributed by atoms with Gasteiger partial charge in [0.2, 0.25) is 0 Å². The van der Waals surface area contributed by atoms with Crippen molar-refractivity contribution >= 4 is 5.97 Å². The van der Waals surface area contributed by atoms with E-state index in [0.717, 1.165) is 18.9 Å². The third kappa shape index (κ3) is 13.9. The number of carbonyl (C=O) groups excluding carboxylic acids is 1. The predicted molar refractivity (Wildman–Crippen MR) is 83.5 cm³/mol. The minimum absolute atomic E-state index is 0.317. The molecular formula is C17H33O3. The Hall–Kier alpha value is -0.570. The first-order valence-electron chi connectivity index (χ1n) is 8.19. The molecule has 0 saturated heterocycles. The number of methoxy groups -OCH3 is 1. The largest absolute Gasteiger partial charge is 0.469 e. The van der Waals surface area contributed by atoms with E-state index in [0.29, 0.717) is 6.61 Å². The first-order chi connectivity index (χ1) is 9.70. The van der Waals surface area contributed by atoms with Gasteiger partial charge in [0.25, 0.3) is 0 Å². The Bertz CT molecular complexity index is 216. The molecule has 0 aromatic rings. The number of rotatable bonds is 14. The van der Waals surface area contributed by atoms with E-state index in [2.05, 4.69) is 18.6 Å². The molecule has 0 amide bonds. The van der Waals surface area contributed by atoms with Gasteiger partial charge < -0.3 is 9.47 Å². The number of hydrogen-bond acceptors (Lipinski definition) is 3. The molecule has 0 aliphatic carbocycles. The average molecular weight is 285 g/mol. The molecule has 0 aliphatic heterocycles. The maximum Gasteiger partial charge on any atom is 0.311 e. The van der Waals surface area contributed by atoms with Crippen LogP contribution in [0.1, 0.15) is 71.6 Å². The van der Waals surface area contributed by atoms with Crippen LogP contribution in [0.25, 0.3) is 0 Å². The van der Waals surface area contributed by atoms with Crippen LogP contribution in [0.4, 0.5) is 0 Å². The summed E-state index contributed by atoms with van der Waals surface area (Å²) < 4.78 is 9.82. The standard InChI is InChI=1S/C17H33O3/c1-4-16(2)12-10-8-6-5-7-9-11-14-20-15-13-17(18)19-3/h13,16H,4-12,14-15H2,1-3H3. The molecule has 0 saturated carbocycles. The van der Waals surface area contributed by atoms with Crippen molar-refractivity contribution in [3.05, 3.63) is 6.42 Å². The molecule has 0 aromatic heterocycles. The molecule has 0 rings (SSSR count). The fourth-order valence-electron chi connectivity index (χ4n) is 2.08. The first-order valence-corrected chi connectivity index (χ1v) is 8.19. The van der Waals surface area contributed by atoms with Crippen molar-refractivity contribution in [1.82, 2.24) is 0 Å². The molecule has 0 spiro atoms. The van der Waals surface area contributed by atoms with Crippen LogP contribution in [0.2, 0.25) is 0 Å². The second kappa shape index (κ2) is 14.8. The lowest BCUT2D eigenvalue weighted by Gasteiger charge is -2.07. The molecule has 3 heteroatoms. The van der Waals surface area contributed by atoms with E-state index in [-0.39, 0.29) is 5.97 Å². The van der Waals surface area contributed by atoms with Crippen molar-refractivity contribution in [1.29, 1.82) is 0 Å². The van der Waals surface area contributed by atoms with E-state index in [1.807, 2.05) is 0 Å². The first kappa shape index (κ1) is 19.4. The fourth-order valence-corrected chi connectivity index (χ4v) is 2.08. The van der Waals surface area contributed by atoms with Crippen LogP contribution in [-0.2, 0) is 14.3 Å². The van der Waals surface area contributed by atoms with Crippen LogP contribution < -0.4 is 0 Å². The van der Waals surface area contributed by atoms with Gasteiger partial charge in [0.15, 0.2) is 0 Å². The highest BCUT2D eigenvalue weighted by molar-refractivity contribution is 5.78. The van der Waals surface area contributed by atoms with Crippen molar-refractivity contribution in [2.45, 2.75) is 71.6 Å². The summed E-state index contributed by atoms with van der Waals surface area (Å²) in [5.41, 5.74) is 0. The quantitative estimate of drug-likeness (QED) is 0.347. The molecule has 1 radical (unpaired) electrons. The van der Waals surface area contributed by atoms with Gasteiger partial charge in [-0.2, -0.15) is 0 Å². The van der Waals surface area contributed by atoms with Gasteiger partial charge in [-0.25, -0.2) is 0 Å². The number of hydrogen-bond donors (Lipinski definition) is 0. The van der Waals surface area contributed by atoms with E-state index >= 15 is 0 Å². The highest BCUT2D eigenvalue weighted by atomic mass is 16.5. The van der Waals surface area contributed by atoms with Crippen molar-refractivity contribution in [3.8, 4) is 0 Å². The fraction of sp³-hybridized carbons (Fsp3) is 0.882. The zero-order valence-corrected chi connectivity index (χ0v) is 13.7. The molecule has 20 heavy (non-hydrogen) atoms. The number of esters is 1. The summed E-state index contributed by atoms with van der Waals surface area (Å²) in [5, 5.41) is 0.